The van der Waals surface area contributed by atoms with Gasteiger partial charge in [0.15, 0.2) is 0 Å². The number of piperazine rings is 1. The van der Waals surface area contributed by atoms with Crippen LogP contribution in [0.15, 0.2) is 97.1 Å². The van der Waals surface area contributed by atoms with Gasteiger partial charge >= 0.3 is 0 Å². The molecule has 1 amide bonds. The van der Waals surface area contributed by atoms with Gasteiger partial charge in [-0.1, -0.05) is 66.2 Å². The quantitative estimate of drug-likeness (QED) is 0.175. The van der Waals surface area contributed by atoms with Gasteiger partial charge in [-0.15, -0.1) is 0 Å². The summed E-state index contributed by atoms with van der Waals surface area (Å²) in [7, 11) is 0. The van der Waals surface area contributed by atoms with Crippen molar-refractivity contribution in [1.82, 2.24) is 14.4 Å². The number of nitrogens with zero attached hydrogens (tertiary/aromatic N) is 4. The SMILES string of the molecule is O=C(c1c(C(c2ccc(O)cc2)c2ccc(O)cc2)c2ccccc2n1CCCN1CCCC1)N1CCN(c2ccccc2Cl)CC1. The van der Waals surface area contributed by atoms with Crippen LogP contribution in [-0.2, 0) is 6.54 Å². The average molecular weight is 649 g/mol. The molecule has 1 aromatic heterocycles. The third-order valence-electron chi connectivity index (χ3n) is 9.77. The highest BCUT2D eigenvalue weighted by Crippen LogP contribution is 2.42. The van der Waals surface area contributed by atoms with E-state index >= 15 is 0 Å². The van der Waals surface area contributed by atoms with Gasteiger partial charge in [0.25, 0.3) is 5.91 Å². The molecule has 7 nitrogen and oxygen atoms in total. The highest BCUT2D eigenvalue weighted by Gasteiger charge is 2.33. The number of hydrogen-bond donors (Lipinski definition) is 2. The molecule has 4 aromatic carbocycles. The molecule has 3 heterocycles. The number of aromatic nitrogens is 1. The molecule has 0 aliphatic carbocycles. The fourth-order valence-corrected chi connectivity index (χ4v) is 7.67. The Bertz CT molecular complexity index is 1790. The van der Waals surface area contributed by atoms with Crippen LogP contribution in [0.5, 0.6) is 11.5 Å². The van der Waals surface area contributed by atoms with E-state index in [0.29, 0.717) is 31.9 Å². The van der Waals surface area contributed by atoms with Crippen molar-refractivity contribution < 1.29 is 15.0 Å². The first-order valence-corrected chi connectivity index (χ1v) is 17.1. The number of para-hydroxylation sites is 2. The summed E-state index contributed by atoms with van der Waals surface area (Å²) in [6, 6.07) is 30.8. The standard InChI is InChI=1S/C39H41ClN4O3/c40-33-9-2-4-11-35(33)42-24-26-43(27-25-42)39(47)38-37(36(28-12-16-30(45)17-13-28)29-14-18-31(46)19-15-29)32-8-1-3-10-34(32)44(38)23-7-22-41-20-5-6-21-41/h1-4,8-19,36,45-46H,5-7,20-27H2. The van der Waals surface area contributed by atoms with E-state index in [1.807, 2.05) is 59.5 Å². The molecule has 8 heteroatoms. The number of fused-ring (bicyclic) bond motifs is 1. The molecule has 0 saturated carbocycles. The van der Waals surface area contributed by atoms with Crippen molar-refractivity contribution in [3.05, 3.63) is 124 Å². The Labute approximate surface area is 281 Å². The number of benzene rings is 4. The first kappa shape index (κ1) is 31.2. The second-order valence-electron chi connectivity index (χ2n) is 12.7. The summed E-state index contributed by atoms with van der Waals surface area (Å²) in [4.78, 5) is 21.8. The molecule has 2 N–H and O–H groups in total. The summed E-state index contributed by atoms with van der Waals surface area (Å²) >= 11 is 6.55. The minimum absolute atomic E-state index is 0.0266. The number of halogens is 1. The normalized spacial score (nSPS) is 15.6. The molecule has 2 fully saturated rings. The number of rotatable bonds is 9. The summed E-state index contributed by atoms with van der Waals surface area (Å²) in [5.74, 6) is 0.105. The van der Waals surface area contributed by atoms with E-state index in [0.717, 1.165) is 70.9 Å². The number of hydrogen-bond acceptors (Lipinski definition) is 5. The number of likely N-dealkylation sites (tertiary alicyclic amines) is 1. The van der Waals surface area contributed by atoms with Crippen LogP contribution < -0.4 is 4.90 Å². The number of aromatic hydroxyl groups is 2. The zero-order chi connectivity index (χ0) is 32.3. The van der Waals surface area contributed by atoms with Gasteiger partial charge < -0.3 is 29.5 Å². The summed E-state index contributed by atoms with van der Waals surface area (Å²) in [6.45, 7) is 6.58. The molecule has 0 bridgehead atoms. The van der Waals surface area contributed by atoms with Crippen LogP contribution in [-0.4, -0.2) is 76.3 Å². The third-order valence-corrected chi connectivity index (χ3v) is 10.1. The van der Waals surface area contributed by atoms with E-state index in [2.05, 4.69) is 32.6 Å². The highest BCUT2D eigenvalue weighted by atomic mass is 35.5. The number of carbonyl (C=O) groups is 1. The zero-order valence-electron chi connectivity index (χ0n) is 26.6. The monoisotopic (exact) mass is 648 g/mol. The third kappa shape index (κ3) is 6.42. The van der Waals surface area contributed by atoms with Crippen LogP contribution in [0.4, 0.5) is 5.69 Å². The number of phenols is 2. The number of anilines is 1. The molecule has 5 aromatic rings. The number of carbonyl (C=O) groups excluding carboxylic acids is 1. The van der Waals surface area contributed by atoms with E-state index in [4.69, 9.17) is 11.6 Å². The van der Waals surface area contributed by atoms with Crippen molar-refractivity contribution in [3.8, 4) is 11.5 Å². The van der Waals surface area contributed by atoms with Crippen LogP contribution >= 0.6 is 11.6 Å². The molecular formula is C39H41ClN4O3. The van der Waals surface area contributed by atoms with Gasteiger partial charge in [-0.25, -0.2) is 0 Å². The van der Waals surface area contributed by atoms with Gasteiger partial charge in [0.05, 0.1) is 10.7 Å². The zero-order valence-corrected chi connectivity index (χ0v) is 27.3. The summed E-state index contributed by atoms with van der Waals surface area (Å²) in [5, 5.41) is 22.2. The van der Waals surface area contributed by atoms with Crippen molar-refractivity contribution in [2.45, 2.75) is 31.7 Å². The molecule has 2 aliphatic heterocycles. The van der Waals surface area contributed by atoms with E-state index in [1.54, 1.807) is 24.3 Å². The number of phenolic OH excluding ortho intramolecular Hbond substituents is 2. The highest BCUT2D eigenvalue weighted by molar-refractivity contribution is 6.33. The second kappa shape index (κ2) is 13.7. The maximum atomic E-state index is 15.0. The summed E-state index contributed by atoms with van der Waals surface area (Å²) in [5.41, 5.74) is 5.64. The van der Waals surface area contributed by atoms with Crippen LogP contribution in [0.3, 0.4) is 0 Å². The Kier molecular flexibility index (Phi) is 9.09. The van der Waals surface area contributed by atoms with Crippen LogP contribution in [0.1, 0.15) is 52.4 Å². The number of aryl methyl sites for hydroxylation is 1. The maximum Gasteiger partial charge on any atom is 0.270 e. The molecular weight excluding hydrogens is 608 g/mol. The van der Waals surface area contributed by atoms with Crippen molar-refractivity contribution in [1.29, 1.82) is 0 Å². The molecule has 0 unspecified atom stereocenters. The molecule has 0 radical (unpaired) electrons. The first-order chi connectivity index (χ1) is 23.0. The van der Waals surface area contributed by atoms with Gasteiger partial charge in [-0.3, -0.25) is 4.79 Å². The molecule has 242 valence electrons. The predicted octanol–water partition coefficient (Wildman–Crippen LogP) is 7.33. The van der Waals surface area contributed by atoms with Crippen molar-refractivity contribution >= 4 is 34.1 Å². The lowest BCUT2D eigenvalue weighted by molar-refractivity contribution is 0.0734. The van der Waals surface area contributed by atoms with Crippen LogP contribution in [0.2, 0.25) is 5.02 Å². The Morgan fingerprint density at radius 3 is 1.94 bits per heavy atom. The Hall–Kier alpha value is -4.46. The summed E-state index contributed by atoms with van der Waals surface area (Å²) < 4.78 is 2.26. The van der Waals surface area contributed by atoms with E-state index in [9.17, 15) is 15.0 Å². The van der Waals surface area contributed by atoms with Gasteiger partial charge in [0.2, 0.25) is 0 Å². The minimum atomic E-state index is -0.302. The van der Waals surface area contributed by atoms with Crippen molar-refractivity contribution in [2.24, 2.45) is 0 Å². The lowest BCUT2D eigenvalue weighted by Crippen LogP contribution is -2.49. The Morgan fingerprint density at radius 1 is 0.702 bits per heavy atom. The predicted molar refractivity (Wildman–Crippen MR) is 189 cm³/mol. The average Bonchev–Trinajstić information content (AvgIpc) is 3.73. The van der Waals surface area contributed by atoms with Crippen LogP contribution in [0.25, 0.3) is 10.9 Å². The largest absolute Gasteiger partial charge is 0.508 e. The molecule has 2 aliphatic rings. The smallest absolute Gasteiger partial charge is 0.270 e. The molecule has 0 spiro atoms. The van der Waals surface area contributed by atoms with Gasteiger partial charge in [-0.2, -0.15) is 0 Å². The second-order valence-corrected chi connectivity index (χ2v) is 13.1. The minimum Gasteiger partial charge on any atom is -0.508 e. The van der Waals surface area contributed by atoms with E-state index in [-0.39, 0.29) is 23.3 Å². The van der Waals surface area contributed by atoms with E-state index in [1.165, 1.54) is 12.8 Å². The summed E-state index contributed by atoms with van der Waals surface area (Å²) in [6.07, 6.45) is 3.45. The van der Waals surface area contributed by atoms with Crippen molar-refractivity contribution in [2.75, 3.05) is 50.7 Å². The maximum absolute atomic E-state index is 15.0. The molecule has 0 atom stereocenters. The fourth-order valence-electron chi connectivity index (χ4n) is 7.41. The number of amides is 1. The van der Waals surface area contributed by atoms with Gasteiger partial charge in [0.1, 0.15) is 17.2 Å². The fraction of sp³-hybridized carbons (Fsp3) is 0.308. The van der Waals surface area contributed by atoms with Gasteiger partial charge in [-0.05, 0) is 92.5 Å². The lowest BCUT2D eigenvalue weighted by atomic mass is 9.83. The molecule has 47 heavy (non-hydrogen) atoms. The molecule has 2 saturated heterocycles. The topological polar surface area (TPSA) is 72.2 Å². The Morgan fingerprint density at radius 2 is 1.30 bits per heavy atom. The van der Waals surface area contributed by atoms with E-state index < -0.39 is 0 Å². The van der Waals surface area contributed by atoms with Crippen molar-refractivity contribution in [3.63, 3.8) is 0 Å². The lowest BCUT2D eigenvalue weighted by Gasteiger charge is -2.37. The Balaban J connectivity index is 1.33. The van der Waals surface area contributed by atoms with Gasteiger partial charge in [0, 0.05) is 55.1 Å². The van der Waals surface area contributed by atoms with Crippen LogP contribution in [0, 0.1) is 0 Å². The first-order valence-electron chi connectivity index (χ1n) is 16.7. The molecule has 7 rings (SSSR count).